The first-order valence-electron chi connectivity index (χ1n) is 8.11. The second-order valence-corrected chi connectivity index (χ2v) is 5.89. The van der Waals surface area contributed by atoms with Crippen LogP contribution in [-0.4, -0.2) is 0 Å². The molecule has 1 nitrogen and oxygen atoms in total. The van der Waals surface area contributed by atoms with Gasteiger partial charge in [0.2, 0.25) is 0 Å². The molecule has 0 saturated carbocycles. The van der Waals surface area contributed by atoms with E-state index >= 15 is 0 Å². The molecule has 0 aliphatic heterocycles. The minimum Gasteiger partial charge on any atom is -0.457 e. The first-order valence-corrected chi connectivity index (χ1v) is 8.11. The van der Waals surface area contributed by atoms with Crippen LogP contribution in [-0.2, 0) is 6.42 Å². The summed E-state index contributed by atoms with van der Waals surface area (Å²) in [7, 11) is 0. The molecule has 0 aliphatic carbocycles. The predicted molar refractivity (Wildman–Crippen MR) is 97.2 cm³/mol. The Morgan fingerprint density at radius 1 is 0.696 bits per heavy atom. The van der Waals surface area contributed by atoms with Crippen molar-refractivity contribution in [2.75, 3.05) is 0 Å². The molecule has 0 fully saturated rings. The molecule has 0 N–H and O–H groups in total. The van der Waals surface area contributed by atoms with Gasteiger partial charge >= 0.3 is 0 Å². The van der Waals surface area contributed by atoms with E-state index in [1.165, 1.54) is 27.8 Å². The number of ether oxygens (including phenoxy) is 1. The summed E-state index contributed by atoms with van der Waals surface area (Å²) in [6.07, 6.45) is 1.05. The van der Waals surface area contributed by atoms with E-state index < -0.39 is 0 Å². The van der Waals surface area contributed by atoms with Crippen molar-refractivity contribution >= 4 is 0 Å². The summed E-state index contributed by atoms with van der Waals surface area (Å²) in [6.45, 7) is 6.44. The highest BCUT2D eigenvalue weighted by molar-refractivity contribution is 5.71. The lowest BCUT2D eigenvalue weighted by Crippen LogP contribution is -1.90. The van der Waals surface area contributed by atoms with Crippen molar-refractivity contribution in [1.29, 1.82) is 0 Å². The molecule has 0 bridgehead atoms. The Labute approximate surface area is 138 Å². The molecule has 1 heteroatoms. The first-order chi connectivity index (χ1) is 11.2. The highest BCUT2D eigenvalue weighted by Crippen LogP contribution is 2.31. The van der Waals surface area contributed by atoms with Gasteiger partial charge in [-0.25, -0.2) is 0 Å². The minimum absolute atomic E-state index is 0.879. The van der Waals surface area contributed by atoms with Gasteiger partial charge in [0.15, 0.2) is 0 Å². The molecule has 0 saturated heterocycles. The monoisotopic (exact) mass is 302 g/mol. The van der Waals surface area contributed by atoms with Gasteiger partial charge in [0.05, 0.1) is 0 Å². The van der Waals surface area contributed by atoms with Gasteiger partial charge in [0.25, 0.3) is 0 Å². The van der Waals surface area contributed by atoms with Crippen LogP contribution < -0.4 is 4.74 Å². The maximum absolute atomic E-state index is 5.98. The van der Waals surface area contributed by atoms with Crippen LogP contribution in [0.25, 0.3) is 11.1 Å². The Hall–Kier alpha value is -2.54. The van der Waals surface area contributed by atoms with Gasteiger partial charge in [-0.2, -0.15) is 0 Å². The van der Waals surface area contributed by atoms with Crippen LogP contribution in [0.2, 0.25) is 0 Å². The largest absolute Gasteiger partial charge is 0.457 e. The third kappa shape index (κ3) is 3.45. The Balaban J connectivity index is 1.85. The van der Waals surface area contributed by atoms with Crippen LogP contribution in [0.1, 0.15) is 23.6 Å². The average Bonchev–Trinajstić information content (AvgIpc) is 2.57. The zero-order valence-corrected chi connectivity index (χ0v) is 14.0. The van der Waals surface area contributed by atoms with Crippen LogP contribution in [0.3, 0.4) is 0 Å². The SMILES string of the molecule is CCc1ccc(Oc2ccc(-c3ccccc3C)c(C)c2)cc1. The van der Waals surface area contributed by atoms with E-state index in [0.717, 1.165) is 17.9 Å². The third-order valence-electron chi connectivity index (χ3n) is 4.20. The zero-order valence-electron chi connectivity index (χ0n) is 14.0. The summed E-state index contributed by atoms with van der Waals surface area (Å²) in [4.78, 5) is 0. The van der Waals surface area contributed by atoms with Crippen LogP contribution >= 0.6 is 0 Å². The molecule has 3 aromatic carbocycles. The van der Waals surface area contributed by atoms with Crippen molar-refractivity contribution in [3.05, 3.63) is 83.4 Å². The fraction of sp³-hybridized carbons (Fsp3) is 0.182. The second kappa shape index (κ2) is 6.70. The van der Waals surface area contributed by atoms with E-state index in [1.54, 1.807) is 0 Å². The number of hydrogen-bond donors (Lipinski definition) is 0. The lowest BCUT2D eigenvalue weighted by molar-refractivity contribution is 0.482. The van der Waals surface area contributed by atoms with Crippen LogP contribution in [0, 0.1) is 13.8 Å². The first kappa shape index (κ1) is 15.4. The summed E-state index contributed by atoms with van der Waals surface area (Å²) in [5.41, 5.74) is 6.38. The summed E-state index contributed by atoms with van der Waals surface area (Å²) >= 11 is 0. The summed E-state index contributed by atoms with van der Waals surface area (Å²) < 4.78 is 5.98. The van der Waals surface area contributed by atoms with E-state index in [9.17, 15) is 0 Å². The van der Waals surface area contributed by atoms with Crippen molar-refractivity contribution in [2.24, 2.45) is 0 Å². The molecule has 0 radical (unpaired) electrons. The van der Waals surface area contributed by atoms with Gasteiger partial charge in [0, 0.05) is 0 Å². The Bertz CT molecular complexity index is 800. The van der Waals surface area contributed by atoms with E-state index in [-0.39, 0.29) is 0 Å². The quantitative estimate of drug-likeness (QED) is 0.547. The molecule has 3 aromatic rings. The van der Waals surface area contributed by atoms with Gasteiger partial charge in [-0.3, -0.25) is 0 Å². The van der Waals surface area contributed by atoms with Gasteiger partial charge < -0.3 is 4.74 Å². The molecule has 0 unspecified atom stereocenters. The smallest absolute Gasteiger partial charge is 0.127 e. The minimum atomic E-state index is 0.879. The highest BCUT2D eigenvalue weighted by Gasteiger charge is 2.06. The van der Waals surface area contributed by atoms with Crippen LogP contribution in [0.15, 0.2) is 66.7 Å². The lowest BCUT2D eigenvalue weighted by atomic mass is 9.96. The third-order valence-corrected chi connectivity index (χ3v) is 4.20. The fourth-order valence-electron chi connectivity index (χ4n) is 2.81. The molecule has 0 amide bonds. The van der Waals surface area contributed by atoms with E-state index in [2.05, 4.69) is 69.3 Å². The molecule has 0 aromatic heterocycles. The Kier molecular flexibility index (Phi) is 4.47. The Morgan fingerprint density at radius 3 is 2.00 bits per heavy atom. The molecular formula is C22H22O. The van der Waals surface area contributed by atoms with Gasteiger partial charge in [0.1, 0.15) is 11.5 Å². The van der Waals surface area contributed by atoms with Crippen molar-refractivity contribution in [2.45, 2.75) is 27.2 Å². The summed E-state index contributed by atoms with van der Waals surface area (Å²) in [5, 5.41) is 0. The number of rotatable bonds is 4. The maximum Gasteiger partial charge on any atom is 0.127 e. The van der Waals surface area contributed by atoms with E-state index in [0.29, 0.717) is 0 Å². The van der Waals surface area contributed by atoms with Crippen LogP contribution in [0.4, 0.5) is 0 Å². The van der Waals surface area contributed by atoms with Gasteiger partial charge in [-0.1, -0.05) is 49.4 Å². The zero-order chi connectivity index (χ0) is 16.2. The molecule has 0 spiro atoms. The average molecular weight is 302 g/mol. The lowest BCUT2D eigenvalue weighted by Gasteiger charge is -2.12. The van der Waals surface area contributed by atoms with E-state index in [4.69, 9.17) is 4.74 Å². The standard InChI is InChI=1S/C22H22O/c1-4-18-9-11-19(12-10-18)23-20-13-14-22(17(3)15-20)21-8-6-5-7-16(21)2/h5-15H,4H2,1-3H3. The Morgan fingerprint density at radius 2 is 1.35 bits per heavy atom. The number of hydrogen-bond acceptors (Lipinski definition) is 1. The van der Waals surface area contributed by atoms with E-state index in [1.807, 2.05) is 18.2 Å². The molecule has 116 valence electrons. The topological polar surface area (TPSA) is 9.23 Å². The van der Waals surface area contributed by atoms with Crippen molar-refractivity contribution in [3.63, 3.8) is 0 Å². The van der Waals surface area contributed by atoms with Crippen molar-refractivity contribution in [3.8, 4) is 22.6 Å². The molecule has 0 aliphatic rings. The fourth-order valence-corrected chi connectivity index (χ4v) is 2.81. The molecule has 23 heavy (non-hydrogen) atoms. The number of aryl methyl sites for hydroxylation is 3. The number of benzene rings is 3. The molecule has 0 atom stereocenters. The summed E-state index contributed by atoms with van der Waals surface area (Å²) in [5.74, 6) is 1.76. The second-order valence-electron chi connectivity index (χ2n) is 5.89. The van der Waals surface area contributed by atoms with Crippen LogP contribution in [0.5, 0.6) is 11.5 Å². The highest BCUT2D eigenvalue weighted by atomic mass is 16.5. The molecule has 3 rings (SSSR count). The van der Waals surface area contributed by atoms with Crippen molar-refractivity contribution < 1.29 is 4.74 Å². The van der Waals surface area contributed by atoms with Gasteiger partial charge in [-0.15, -0.1) is 0 Å². The maximum atomic E-state index is 5.98. The molecular weight excluding hydrogens is 280 g/mol. The van der Waals surface area contributed by atoms with Crippen molar-refractivity contribution in [1.82, 2.24) is 0 Å². The normalized spacial score (nSPS) is 10.6. The predicted octanol–water partition coefficient (Wildman–Crippen LogP) is 6.33. The summed E-state index contributed by atoms with van der Waals surface area (Å²) in [6, 6.07) is 23.1. The molecule has 0 heterocycles. The van der Waals surface area contributed by atoms with Gasteiger partial charge in [-0.05, 0) is 72.4 Å².